The summed E-state index contributed by atoms with van der Waals surface area (Å²) in [5, 5.41) is 0. The second-order valence-electron chi connectivity index (χ2n) is 3.78. The van der Waals surface area contributed by atoms with E-state index in [2.05, 4.69) is 0 Å². The number of halogens is 2. The average Bonchev–Trinajstić information content (AvgIpc) is 2.25. The molecule has 1 aliphatic heterocycles. The van der Waals surface area contributed by atoms with E-state index in [1.54, 1.807) is 0 Å². The van der Waals surface area contributed by atoms with Gasteiger partial charge >= 0.3 is 0 Å². The SMILES string of the molecule is Nc1cc(F)c(C2CCOCC2)cc1F. The van der Waals surface area contributed by atoms with E-state index in [0.717, 1.165) is 18.9 Å². The fraction of sp³-hybridized carbons (Fsp3) is 0.455. The van der Waals surface area contributed by atoms with Crippen LogP contribution in [0.5, 0.6) is 0 Å². The van der Waals surface area contributed by atoms with E-state index in [1.807, 2.05) is 0 Å². The summed E-state index contributed by atoms with van der Waals surface area (Å²) in [5.74, 6) is -0.910. The Kier molecular flexibility index (Phi) is 2.86. The first-order valence-electron chi connectivity index (χ1n) is 5.00. The highest BCUT2D eigenvalue weighted by atomic mass is 19.1. The Morgan fingerprint density at radius 3 is 2.47 bits per heavy atom. The zero-order valence-electron chi connectivity index (χ0n) is 8.30. The van der Waals surface area contributed by atoms with Gasteiger partial charge in [0, 0.05) is 19.3 Å². The van der Waals surface area contributed by atoms with Gasteiger partial charge in [-0.05, 0) is 30.4 Å². The highest BCUT2D eigenvalue weighted by molar-refractivity contribution is 5.43. The Balaban J connectivity index is 2.30. The number of ether oxygens (including phenoxy) is 1. The molecule has 82 valence electrons. The van der Waals surface area contributed by atoms with E-state index in [-0.39, 0.29) is 11.6 Å². The molecule has 1 aromatic carbocycles. The molecule has 0 aliphatic carbocycles. The maximum absolute atomic E-state index is 13.5. The van der Waals surface area contributed by atoms with Crippen molar-refractivity contribution in [2.24, 2.45) is 0 Å². The van der Waals surface area contributed by atoms with E-state index in [4.69, 9.17) is 10.5 Å². The van der Waals surface area contributed by atoms with Crippen LogP contribution in [0.3, 0.4) is 0 Å². The Labute approximate surface area is 87.0 Å². The molecule has 1 saturated heterocycles. The van der Waals surface area contributed by atoms with Gasteiger partial charge in [-0.1, -0.05) is 0 Å². The van der Waals surface area contributed by atoms with Gasteiger partial charge in [0.2, 0.25) is 0 Å². The fourth-order valence-electron chi connectivity index (χ4n) is 1.90. The summed E-state index contributed by atoms with van der Waals surface area (Å²) in [6.45, 7) is 1.21. The van der Waals surface area contributed by atoms with Crippen molar-refractivity contribution in [3.8, 4) is 0 Å². The molecule has 0 amide bonds. The third kappa shape index (κ3) is 2.09. The zero-order chi connectivity index (χ0) is 10.8. The minimum atomic E-state index is -0.544. The largest absolute Gasteiger partial charge is 0.396 e. The van der Waals surface area contributed by atoms with Crippen LogP contribution in [0.25, 0.3) is 0 Å². The number of hydrogen-bond donors (Lipinski definition) is 1. The number of anilines is 1. The molecule has 2 rings (SSSR count). The highest BCUT2D eigenvalue weighted by Crippen LogP contribution is 2.30. The second kappa shape index (κ2) is 4.14. The minimum absolute atomic E-state index is 0.0499. The number of benzene rings is 1. The van der Waals surface area contributed by atoms with Crippen LogP contribution in [0, 0.1) is 11.6 Å². The first-order chi connectivity index (χ1) is 7.18. The van der Waals surface area contributed by atoms with Crippen molar-refractivity contribution in [1.29, 1.82) is 0 Å². The molecule has 2 N–H and O–H groups in total. The number of hydrogen-bond acceptors (Lipinski definition) is 2. The van der Waals surface area contributed by atoms with E-state index in [0.29, 0.717) is 18.8 Å². The van der Waals surface area contributed by atoms with Gasteiger partial charge in [0.25, 0.3) is 0 Å². The monoisotopic (exact) mass is 213 g/mol. The van der Waals surface area contributed by atoms with Crippen LogP contribution >= 0.6 is 0 Å². The quantitative estimate of drug-likeness (QED) is 0.727. The molecule has 1 fully saturated rings. The summed E-state index contributed by atoms with van der Waals surface area (Å²) in [4.78, 5) is 0. The molecule has 0 aromatic heterocycles. The van der Waals surface area contributed by atoms with Gasteiger partial charge in [-0.25, -0.2) is 8.78 Å². The van der Waals surface area contributed by atoms with Crippen molar-refractivity contribution in [3.63, 3.8) is 0 Å². The topological polar surface area (TPSA) is 35.2 Å². The zero-order valence-corrected chi connectivity index (χ0v) is 8.30. The van der Waals surface area contributed by atoms with Crippen molar-refractivity contribution in [2.75, 3.05) is 18.9 Å². The Morgan fingerprint density at radius 1 is 1.13 bits per heavy atom. The first-order valence-corrected chi connectivity index (χ1v) is 5.00. The lowest BCUT2D eigenvalue weighted by Gasteiger charge is -2.23. The maximum atomic E-state index is 13.5. The van der Waals surface area contributed by atoms with Crippen molar-refractivity contribution < 1.29 is 13.5 Å². The van der Waals surface area contributed by atoms with Crippen LogP contribution in [-0.2, 0) is 4.74 Å². The smallest absolute Gasteiger partial charge is 0.146 e. The standard InChI is InChI=1S/C11H13F2NO/c12-9-6-11(14)10(13)5-8(9)7-1-3-15-4-2-7/h5-7H,1-4,14H2. The Morgan fingerprint density at radius 2 is 1.80 bits per heavy atom. The van der Waals surface area contributed by atoms with Gasteiger partial charge in [0.15, 0.2) is 0 Å². The number of nitrogen functional groups attached to an aromatic ring is 1. The van der Waals surface area contributed by atoms with E-state index in [1.165, 1.54) is 6.07 Å². The molecule has 1 aromatic rings. The van der Waals surface area contributed by atoms with Crippen LogP contribution in [0.1, 0.15) is 24.3 Å². The second-order valence-corrected chi connectivity index (χ2v) is 3.78. The maximum Gasteiger partial charge on any atom is 0.146 e. The van der Waals surface area contributed by atoms with Crippen LogP contribution in [0.15, 0.2) is 12.1 Å². The fourth-order valence-corrected chi connectivity index (χ4v) is 1.90. The van der Waals surface area contributed by atoms with E-state index >= 15 is 0 Å². The normalized spacial score (nSPS) is 18.0. The summed E-state index contributed by atoms with van der Waals surface area (Å²) in [6.07, 6.45) is 1.47. The van der Waals surface area contributed by atoms with Gasteiger partial charge in [-0.15, -0.1) is 0 Å². The molecule has 15 heavy (non-hydrogen) atoms. The van der Waals surface area contributed by atoms with E-state index < -0.39 is 11.6 Å². The van der Waals surface area contributed by atoms with Gasteiger partial charge in [0.05, 0.1) is 5.69 Å². The lowest BCUT2D eigenvalue weighted by molar-refractivity contribution is 0.0845. The predicted octanol–water partition coefficient (Wildman–Crippen LogP) is 2.44. The molecule has 4 heteroatoms. The summed E-state index contributed by atoms with van der Waals surface area (Å²) in [6, 6.07) is 2.26. The molecular weight excluding hydrogens is 200 g/mol. The lowest BCUT2D eigenvalue weighted by atomic mass is 9.91. The van der Waals surface area contributed by atoms with Gasteiger partial charge in [-0.2, -0.15) is 0 Å². The predicted molar refractivity (Wildman–Crippen MR) is 53.6 cm³/mol. The molecule has 0 saturated carbocycles. The molecule has 0 unspecified atom stereocenters. The molecule has 1 aliphatic rings. The molecular formula is C11H13F2NO. The number of nitrogens with two attached hydrogens (primary N) is 1. The molecule has 2 nitrogen and oxygen atoms in total. The van der Waals surface area contributed by atoms with Crippen LogP contribution in [-0.4, -0.2) is 13.2 Å². The van der Waals surface area contributed by atoms with Crippen LogP contribution in [0.2, 0.25) is 0 Å². The Bertz CT molecular complexity index is 362. The summed E-state index contributed by atoms with van der Waals surface area (Å²) in [7, 11) is 0. The molecule has 1 heterocycles. The van der Waals surface area contributed by atoms with Gasteiger partial charge in [0.1, 0.15) is 11.6 Å². The van der Waals surface area contributed by atoms with Crippen molar-refractivity contribution in [3.05, 3.63) is 29.3 Å². The summed E-state index contributed by atoms with van der Waals surface area (Å²) >= 11 is 0. The highest BCUT2D eigenvalue weighted by Gasteiger charge is 2.20. The van der Waals surface area contributed by atoms with Gasteiger partial charge in [-0.3, -0.25) is 0 Å². The average molecular weight is 213 g/mol. The van der Waals surface area contributed by atoms with Crippen LogP contribution in [0.4, 0.5) is 14.5 Å². The van der Waals surface area contributed by atoms with Crippen LogP contribution < -0.4 is 5.73 Å². The van der Waals surface area contributed by atoms with E-state index in [9.17, 15) is 8.78 Å². The Hall–Kier alpha value is -1.16. The third-order valence-electron chi connectivity index (χ3n) is 2.78. The molecule has 0 bridgehead atoms. The molecule has 0 spiro atoms. The van der Waals surface area contributed by atoms with Gasteiger partial charge < -0.3 is 10.5 Å². The van der Waals surface area contributed by atoms with Crippen molar-refractivity contribution in [2.45, 2.75) is 18.8 Å². The lowest BCUT2D eigenvalue weighted by Crippen LogP contribution is -2.15. The number of rotatable bonds is 1. The third-order valence-corrected chi connectivity index (χ3v) is 2.78. The minimum Gasteiger partial charge on any atom is -0.396 e. The summed E-state index contributed by atoms with van der Waals surface area (Å²) in [5.41, 5.74) is 5.56. The van der Waals surface area contributed by atoms with Crippen molar-refractivity contribution >= 4 is 5.69 Å². The first kappa shape index (κ1) is 10.4. The molecule has 0 atom stereocenters. The molecule has 0 radical (unpaired) electrons. The summed E-state index contributed by atoms with van der Waals surface area (Å²) < 4.78 is 31.9. The van der Waals surface area contributed by atoms with Crippen molar-refractivity contribution in [1.82, 2.24) is 0 Å².